The number of hydrogen-bond donors (Lipinski definition) is 0. The third kappa shape index (κ3) is 3.75. The summed E-state index contributed by atoms with van der Waals surface area (Å²) in [6.45, 7) is 3.71. The zero-order valence-electron chi connectivity index (χ0n) is 7.70. The largest absolute Gasteiger partial charge is 0.462 e. The van der Waals surface area contributed by atoms with Gasteiger partial charge in [-0.1, -0.05) is 34.6 Å². The van der Waals surface area contributed by atoms with Gasteiger partial charge in [-0.3, -0.25) is 0 Å². The van der Waals surface area contributed by atoms with Crippen molar-refractivity contribution in [3.8, 4) is 0 Å². The molecule has 0 radical (unpaired) electrons. The van der Waals surface area contributed by atoms with Crippen molar-refractivity contribution >= 4 is 21.9 Å². The Balaban J connectivity index is 2.35. The van der Waals surface area contributed by atoms with Gasteiger partial charge in [-0.25, -0.2) is 4.79 Å². The predicted octanol–water partition coefficient (Wildman–Crippen LogP) is 2.72. The number of benzene rings is 1. The van der Waals surface area contributed by atoms with E-state index >= 15 is 0 Å². The molecule has 0 fully saturated rings. The van der Waals surface area contributed by atoms with Crippen LogP contribution < -0.4 is 0 Å². The molecule has 0 spiro atoms. The topological polar surface area (TPSA) is 26.3 Å². The summed E-state index contributed by atoms with van der Waals surface area (Å²) in [5.41, 5.74) is 1.14. The molecule has 0 heterocycles. The molecule has 0 saturated carbocycles. The summed E-state index contributed by atoms with van der Waals surface area (Å²) in [5.74, 6) is -0.373. The summed E-state index contributed by atoms with van der Waals surface area (Å²) in [6.07, 6.45) is 1.90. The summed E-state index contributed by atoms with van der Waals surface area (Å²) in [6, 6.07) is 7.91. The van der Waals surface area contributed by atoms with Crippen molar-refractivity contribution in [3.63, 3.8) is 0 Å². The number of ether oxygens (including phenoxy) is 1. The normalized spacial score (nSPS) is 9.50. The smallest absolute Gasteiger partial charge is 0.330 e. The van der Waals surface area contributed by atoms with Crippen molar-refractivity contribution in [1.82, 2.24) is 0 Å². The SMILES string of the molecule is C=CC(=O)OCCc1ccc(Br)cc1. The number of hydrogen-bond acceptors (Lipinski definition) is 2. The van der Waals surface area contributed by atoms with Crippen molar-refractivity contribution in [3.05, 3.63) is 47.0 Å². The molecular formula is C11H11BrO2. The average Bonchev–Trinajstić information content (AvgIpc) is 2.21. The number of halogens is 1. The van der Waals surface area contributed by atoms with Gasteiger partial charge in [0.2, 0.25) is 0 Å². The van der Waals surface area contributed by atoms with Crippen LogP contribution in [0.2, 0.25) is 0 Å². The van der Waals surface area contributed by atoms with Crippen LogP contribution in [0.5, 0.6) is 0 Å². The zero-order chi connectivity index (χ0) is 10.4. The van der Waals surface area contributed by atoms with E-state index in [1.165, 1.54) is 6.08 Å². The fourth-order valence-electron chi connectivity index (χ4n) is 0.979. The van der Waals surface area contributed by atoms with E-state index in [0.717, 1.165) is 16.5 Å². The minimum Gasteiger partial charge on any atom is -0.462 e. The highest BCUT2D eigenvalue weighted by Crippen LogP contribution is 2.10. The molecule has 0 aliphatic carbocycles. The average molecular weight is 255 g/mol. The number of rotatable bonds is 4. The van der Waals surface area contributed by atoms with Crippen LogP contribution in [0.4, 0.5) is 0 Å². The molecule has 3 heteroatoms. The first-order valence-corrected chi connectivity index (χ1v) is 5.05. The van der Waals surface area contributed by atoms with Gasteiger partial charge in [-0.05, 0) is 17.7 Å². The molecule has 0 saturated heterocycles. The maximum atomic E-state index is 10.7. The molecule has 1 aromatic rings. The van der Waals surface area contributed by atoms with Crippen LogP contribution in [0.25, 0.3) is 0 Å². The van der Waals surface area contributed by atoms with E-state index in [1.807, 2.05) is 24.3 Å². The molecule has 74 valence electrons. The minimum atomic E-state index is -0.373. The van der Waals surface area contributed by atoms with Crippen LogP contribution in [0, 0.1) is 0 Å². The van der Waals surface area contributed by atoms with Crippen molar-refractivity contribution in [1.29, 1.82) is 0 Å². The number of esters is 1. The summed E-state index contributed by atoms with van der Waals surface area (Å²) in [5, 5.41) is 0. The van der Waals surface area contributed by atoms with Gasteiger partial charge >= 0.3 is 5.97 Å². The summed E-state index contributed by atoms with van der Waals surface area (Å²) in [4.78, 5) is 10.7. The van der Waals surface area contributed by atoms with Gasteiger partial charge in [0.1, 0.15) is 0 Å². The lowest BCUT2D eigenvalue weighted by Gasteiger charge is -2.02. The molecule has 0 N–H and O–H groups in total. The van der Waals surface area contributed by atoms with E-state index < -0.39 is 0 Å². The number of carbonyl (C=O) groups excluding carboxylic acids is 1. The second-order valence-corrected chi connectivity index (χ2v) is 3.66. The van der Waals surface area contributed by atoms with Crippen LogP contribution in [-0.2, 0) is 16.0 Å². The van der Waals surface area contributed by atoms with Gasteiger partial charge in [0.25, 0.3) is 0 Å². The molecule has 0 aromatic heterocycles. The highest BCUT2D eigenvalue weighted by atomic mass is 79.9. The molecule has 0 unspecified atom stereocenters. The second-order valence-electron chi connectivity index (χ2n) is 2.75. The lowest BCUT2D eigenvalue weighted by molar-refractivity contribution is -0.137. The van der Waals surface area contributed by atoms with Crippen LogP contribution in [-0.4, -0.2) is 12.6 Å². The van der Waals surface area contributed by atoms with Gasteiger partial charge in [0.15, 0.2) is 0 Å². The van der Waals surface area contributed by atoms with Crippen LogP contribution in [0.1, 0.15) is 5.56 Å². The highest BCUT2D eigenvalue weighted by molar-refractivity contribution is 9.10. The molecular weight excluding hydrogens is 244 g/mol. The minimum absolute atomic E-state index is 0.373. The Morgan fingerprint density at radius 3 is 2.64 bits per heavy atom. The van der Waals surface area contributed by atoms with Crippen molar-refractivity contribution in [2.75, 3.05) is 6.61 Å². The Morgan fingerprint density at radius 2 is 2.07 bits per heavy atom. The molecule has 0 atom stereocenters. The Labute approximate surface area is 91.7 Å². The molecule has 14 heavy (non-hydrogen) atoms. The number of carbonyl (C=O) groups is 1. The van der Waals surface area contributed by atoms with E-state index in [2.05, 4.69) is 22.5 Å². The first-order chi connectivity index (χ1) is 6.72. The predicted molar refractivity (Wildman–Crippen MR) is 59.0 cm³/mol. The second kappa shape index (κ2) is 5.60. The molecule has 1 rings (SSSR count). The van der Waals surface area contributed by atoms with Crippen LogP contribution in [0.15, 0.2) is 41.4 Å². The third-order valence-electron chi connectivity index (χ3n) is 1.71. The van der Waals surface area contributed by atoms with Crippen molar-refractivity contribution < 1.29 is 9.53 Å². The van der Waals surface area contributed by atoms with Crippen LogP contribution >= 0.6 is 15.9 Å². The Kier molecular flexibility index (Phi) is 4.40. The quantitative estimate of drug-likeness (QED) is 0.610. The lowest BCUT2D eigenvalue weighted by atomic mass is 10.2. The van der Waals surface area contributed by atoms with Gasteiger partial charge in [0, 0.05) is 17.0 Å². The first-order valence-electron chi connectivity index (χ1n) is 4.26. The van der Waals surface area contributed by atoms with Crippen LogP contribution in [0.3, 0.4) is 0 Å². The maximum Gasteiger partial charge on any atom is 0.330 e. The van der Waals surface area contributed by atoms with E-state index in [0.29, 0.717) is 6.61 Å². The van der Waals surface area contributed by atoms with E-state index in [1.54, 1.807) is 0 Å². The van der Waals surface area contributed by atoms with Gasteiger partial charge in [-0.2, -0.15) is 0 Å². The Morgan fingerprint density at radius 1 is 1.43 bits per heavy atom. The first kappa shape index (κ1) is 11.0. The van der Waals surface area contributed by atoms with Crippen molar-refractivity contribution in [2.24, 2.45) is 0 Å². The van der Waals surface area contributed by atoms with E-state index in [9.17, 15) is 4.79 Å². The van der Waals surface area contributed by atoms with Crippen molar-refractivity contribution in [2.45, 2.75) is 6.42 Å². The fraction of sp³-hybridized carbons (Fsp3) is 0.182. The molecule has 2 nitrogen and oxygen atoms in total. The molecule has 0 aliphatic rings. The summed E-state index contributed by atoms with van der Waals surface area (Å²) in [7, 11) is 0. The van der Waals surface area contributed by atoms with Gasteiger partial charge < -0.3 is 4.74 Å². The highest BCUT2D eigenvalue weighted by Gasteiger charge is 1.96. The summed E-state index contributed by atoms with van der Waals surface area (Å²) >= 11 is 3.35. The molecule has 1 aromatic carbocycles. The van der Waals surface area contributed by atoms with E-state index in [-0.39, 0.29) is 5.97 Å². The molecule has 0 aliphatic heterocycles. The lowest BCUT2D eigenvalue weighted by Crippen LogP contribution is -2.04. The Hall–Kier alpha value is -1.09. The molecule has 0 bridgehead atoms. The monoisotopic (exact) mass is 254 g/mol. The van der Waals surface area contributed by atoms with Gasteiger partial charge in [-0.15, -0.1) is 0 Å². The third-order valence-corrected chi connectivity index (χ3v) is 2.24. The van der Waals surface area contributed by atoms with E-state index in [4.69, 9.17) is 4.74 Å². The fourth-order valence-corrected chi connectivity index (χ4v) is 1.24. The molecule has 0 amide bonds. The summed E-state index contributed by atoms with van der Waals surface area (Å²) < 4.78 is 5.90. The van der Waals surface area contributed by atoms with Gasteiger partial charge in [0.05, 0.1) is 6.61 Å². The zero-order valence-corrected chi connectivity index (χ0v) is 9.29. The maximum absolute atomic E-state index is 10.7. The Bertz CT molecular complexity index is 317. The standard InChI is InChI=1S/C11H11BrO2/c1-2-11(13)14-8-7-9-3-5-10(12)6-4-9/h2-6H,1,7-8H2.